The zero-order chi connectivity index (χ0) is 16.2. The number of nitrogens with zero attached hydrogens (tertiary/aromatic N) is 4. The molecule has 3 aromatic rings. The van der Waals surface area contributed by atoms with Gasteiger partial charge >= 0.3 is 0 Å². The molecular weight excluding hydrogens is 310 g/mol. The van der Waals surface area contributed by atoms with Gasteiger partial charge in [0.15, 0.2) is 5.92 Å². The van der Waals surface area contributed by atoms with Gasteiger partial charge in [0.25, 0.3) is 0 Å². The van der Waals surface area contributed by atoms with Crippen LogP contribution in [0.25, 0.3) is 10.2 Å². The van der Waals surface area contributed by atoms with Crippen molar-refractivity contribution in [3.05, 3.63) is 41.5 Å². The van der Waals surface area contributed by atoms with Gasteiger partial charge in [-0.15, -0.1) is 11.3 Å². The van der Waals surface area contributed by atoms with Crippen LogP contribution in [0.4, 0.5) is 5.82 Å². The van der Waals surface area contributed by atoms with Crippen molar-refractivity contribution >= 4 is 33.3 Å². The monoisotopic (exact) mass is 325 g/mol. The summed E-state index contributed by atoms with van der Waals surface area (Å²) in [6.45, 7) is 2.74. The number of aryl methyl sites for hydroxylation is 1. The van der Waals surface area contributed by atoms with Crippen LogP contribution in [0.3, 0.4) is 0 Å². The van der Waals surface area contributed by atoms with E-state index in [0.29, 0.717) is 17.4 Å². The van der Waals surface area contributed by atoms with E-state index < -0.39 is 5.92 Å². The number of nitrogens with one attached hydrogen (secondary N) is 1. The van der Waals surface area contributed by atoms with E-state index in [1.54, 1.807) is 16.9 Å². The van der Waals surface area contributed by atoms with Gasteiger partial charge in [0.05, 0.1) is 22.5 Å². The average Bonchev–Trinajstić information content (AvgIpc) is 3.15. The quantitative estimate of drug-likeness (QED) is 0.781. The van der Waals surface area contributed by atoms with Crippen LogP contribution in [-0.4, -0.2) is 20.7 Å². The number of aromatic nitrogens is 3. The molecule has 0 spiro atoms. The lowest BCUT2D eigenvalue weighted by atomic mass is 10.1. The average molecular weight is 325 g/mol. The van der Waals surface area contributed by atoms with Crippen LogP contribution < -0.4 is 5.32 Å². The lowest BCUT2D eigenvalue weighted by Crippen LogP contribution is -2.22. The van der Waals surface area contributed by atoms with E-state index in [1.807, 2.05) is 37.3 Å². The zero-order valence-corrected chi connectivity index (χ0v) is 13.4. The Morgan fingerprint density at radius 3 is 3.00 bits per heavy atom. The Hall–Kier alpha value is -2.72. The Bertz CT molecular complexity index is 843. The highest BCUT2D eigenvalue weighted by Gasteiger charge is 2.25. The molecule has 0 fully saturated rings. The lowest BCUT2D eigenvalue weighted by Gasteiger charge is -2.09. The van der Waals surface area contributed by atoms with Crippen molar-refractivity contribution in [1.29, 1.82) is 5.26 Å². The van der Waals surface area contributed by atoms with E-state index in [-0.39, 0.29) is 5.91 Å². The number of para-hydroxylation sites is 1. The van der Waals surface area contributed by atoms with Gasteiger partial charge in [0.2, 0.25) is 5.91 Å². The van der Waals surface area contributed by atoms with Gasteiger partial charge in [-0.1, -0.05) is 19.1 Å². The van der Waals surface area contributed by atoms with Crippen molar-refractivity contribution in [1.82, 2.24) is 14.8 Å². The van der Waals surface area contributed by atoms with Crippen LogP contribution in [0.15, 0.2) is 36.5 Å². The van der Waals surface area contributed by atoms with Gasteiger partial charge in [-0.2, -0.15) is 10.4 Å². The van der Waals surface area contributed by atoms with Gasteiger partial charge in [-0.3, -0.25) is 4.79 Å². The van der Waals surface area contributed by atoms with Gasteiger partial charge in [-0.05, 0) is 18.6 Å². The van der Waals surface area contributed by atoms with E-state index in [2.05, 4.69) is 15.4 Å². The lowest BCUT2D eigenvalue weighted by molar-refractivity contribution is -0.116. The first-order valence-corrected chi connectivity index (χ1v) is 8.12. The van der Waals surface area contributed by atoms with Crippen molar-refractivity contribution in [2.24, 2.45) is 0 Å². The minimum absolute atomic E-state index is 0.385. The second kappa shape index (κ2) is 6.58. The fraction of sp³-hybridized carbons (Fsp3) is 0.250. The number of rotatable bonds is 5. The molecule has 0 unspecified atom stereocenters. The molecule has 0 bridgehead atoms. The first kappa shape index (κ1) is 15.2. The zero-order valence-electron chi connectivity index (χ0n) is 12.6. The maximum Gasteiger partial charge on any atom is 0.249 e. The highest BCUT2D eigenvalue weighted by atomic mass is 32.1. The number of fused-ring (bicyclic) bond motifs is 1. The molecule has 0 saturated heterocycles. The molecule has 0 aliphatic rings. The number of thiazole rings is 1. The van der Waals surface area contributed by atoms with Crippen molar-refractivity contribution in [3.63, 3.8) is 0 Å². The second-order valence-corrected chi connectivity index (χ2v) is 6.07. The maximum absolute atomic E-state index is 12.5. The molecule has 0 aliphatic carbocycles. The fourth-order valence-corrected chi connectivity index (χ4v) is 3.28. The topological polar surface area (TPSA) is 83.6 Å². The van der Waals surface area contributed by atoms with Crippen LogP contribution in [-0.2, 0) is 11.3 Å². The third-order valence-corrected chi connectivity index (χ3v) is 4.45. The largest absolute Gasteiger partial charge is 0.309 e. The number of carbonyl (C=O) groups excluding carboxylic acids is 1. The number of carbonyl (C=O) groups is 1. The molecular formula is C16H15N5OS. The van der Waals surface area contributed by atoms with Gasteiger partial charge in [-0.25, -0.2) is 9.67 Å². The number of amides is 1. The van der Waals surface area contributed by atoms with Crippen LogP contribution in [0.2, 0.25) is 0 Å². The number of nitriles is 1. The number of hydrogen-bond acceptors (Lipinski definition) is 5. The van der Waals surface area contributed by atoms with Crippen molar-refractivity contribution in [3.8, 4) is 6.07 Å². The summed E-state index contributed by atoms with van der Waals surface area (Å²) in [5, 5.41) is 16.8. The summed E-state index contributed by atoms with van der Waals surface area (Å²) in [4.78, 5) is 16.9. The highest BCUT2D eigenvalue weighted by Crippen LogP contribution is 2.28. The predicted molar refractivity (Wildman–Crippen MR) is 89.1 cm³/mol. The van der Waals surface area contributed by atoms with E-state index in [4.69, 9.17) is 0 Å². The summed E-state index contributed by atoms with van der Waals surface area (Å²) in [7, 11) is 0. The molecule has 116 valence electrons. The second-order valence-electron chi connectivity index (χ2n) is 5.01. The molecule has 2 heterocycles. The van der Waals surface area contributed by atoms with Crippen molar-refractivity contribution in [2.45, 2.75) is 25.8 Å². The van der Waals surface area contributed by atoms with E-state index in [1.165, 1.54) is 11.3 Å². The molecule has 23 heavy (non-hydrogen) atoms. The SMILES string of the molecule is CCCn1nccc1NC(=O)[C@@H](C#N)c1nc2ccccc2s1. The van der Waals surface area contributed by atoms with E-state index >= 15 is 0 Å². The third kappa shape index (κ3) is 3.07. The summed E-state index contributed by atoms with van der Waals surface area (Å²) in [5.74, 6) is -0.722. The normalized spacial score (nSPS) is 12.0. The van der Waals surface area contributed by atoms with E-state index in [9.17, 15) is 10.1 Å². The number of anilines is 1. The molecule has 0 radical (unpaired) electrons. The van der Waals surface area contributed by atoms with Crippen LogP contribution in [0, 0.1) is 11.3 Å². The Balaban J connectivity index is 1.84. The first-order chi connectivity index (χ1) is 11.2. The van der Waals surface area contributed by atoms with Crippen LogP contribution >= 0.6 is 11.3 Å². The third-order valence-electron chi connectivity index (χ3n) is 3.35. The summed E-state index contributed by atoms with van der Waals surface area (Å²) < 4.78 is 2.68. The standard InChI is InChI=1S/C16H15N5OS/c1-2-9-21-14(7-8-18-21)20-15(22)11(10-17)16-19-12-5-3-4-6-13(12)23-16/h3-8,11H,2,9H2,1H3,(H,20,22)/t11-/m1/s1. The summed E-state index contributed by atoms with van der Waals surface area (Å²) in [6.07, 6.45) is 2.54. The van der Waals surface area contributed by atoms with Crippen molar-refractivity contribution in [2.75, 3.05) is 5.32 Å². The Morgan fingerprint density at radius 1 is 1.43 bits per heavy atom. The van der Waals surface area contributed by atoms with E-state index in [0.717, 1.165) is 16.6 Å². The molecule has 3 rings (SSSR count). The number of hydrogen-bond donors (Lipinski definition) is 1. The Kier molecular flexibility index (Phi) is 4.35. The first-order valence-electron chi connectivity index (χ1n) is 7.30. The smallest absolute Gasteiger partial charge is 0.249 e. The molecule has 1 N–H and O–H groups in total. The summed E-state index contributed by atoms with van der Waals surface area (Å²) in [6, 6.07) is 11.4. The molecule has 7 heteroatoms. The van der Waals surface area contributed by atoms with Gasteiger partial charge in [0.1, 0.15) is 10.8 Å². The molecule has 1 amide bonds. The fourth-order valence-electron chi connectivity index (χ4n) is 2.27. The molecule has 6 nitrogen and oxygen atoms in total. The Labute approximate surface area is 137 Å². The minimum Gasteiger partial charge on any atom is -0.309 e. The van der Waals surface area contributed by atoms with Gasteiger partial charge in [0, 0.05) is 12.6 Å². The minimum atomic E-state index is -0.933. The Morgan fingerprint density at radius 2 is 2.26 bits per heavy atom. The van der Waals surface area contributed by atoms with Crippen LogP contribution in [0.1, 0.15) is 24.3 Å². The molecule has 1 aromatic carbocycles. The highest BCUT2D eigenvalue weighted by molar-refractivity contribution is 7.18. The molecule has 1 atom stereocenters. The van der Waals surface area contributed by atoms with Gasteiger partial charge < -0.3 is 5.32 Å². The summed E-state index contributed by atoms with van der Waals surface area (Å²) >= 11 is 1.37. The van der Waals surface area contributed by atoms with Crippen molar-refractivity contribution < 1.29 is 4.79 Å². The predicted octanol–water partition coefficient (Wildman–Crippen LogP) is 3.15. The number of benzene rings is 1. The molecule has 2 aromatic heterocycles. The molecule has 0 saturated carbocycles. The molecule has 0 aliphatic heterocycles. The maximum atomic E-state index is 12.5. The van der Waals surface area contributed by atoms with Crippen LogP contribution in [0.5, 0.6) is 0 Å². The summed E-state index contributed by atoms with van der Waals surface area (Å²) in [5.41, 5.74) is 0.802.